The van der Waals surface area contributed by atoms with E-state index < -0.39 is 0 Å². The van der Waals surface area contributed by atoms with Crippen LogP contribution in [-0.2, 0) is 11.3 Å². The maximum atomic E-state index is 12.5. The molecular weight excluding hydrogens is 420 g/mol. The maximum absolute atomic E-state index is 12.5. The number of carbonyl (C=O) groups is 1. The number of ether oxygens (including phenoxy) is 1. The summed E-state index contributed by atoms with van der Waals surface area (Å²) in [4.78, 5) is 12.5. The molecule has 7 heteroatoms. The minimum absolute atomic E-state index is 0.0644. The number of nitrogens with one attached hydrogen (secondary N) is 1. The van der Waals surface area contributed by atoms with Gasteiger partial charge in [0.25, 0.3) is 0 Å². The van der Waals surface area contributed by atoms with Gasteiger partial charge in [-0.05, 0) is 68.5 Å². The molecule has 3 aromatic rings. The lowest BCUT2D eigenvalue weighted by molar-refractivity contribution is -0.113. The van der Waals surface area contributed by atoms with Crippen LogP contribution < -0.4 is 10.1 Å². The smallest absolute Gasteiger partial charge is 0.234 e. The lowest BCUT2D eigenvalue weighted by atomic mass is 10.0. The lowest BCUT2D eigenvalue weighted by Crippen LogP contribution is -2.16. The number of thioether (sulfide) groups is 1. The number of rotatable bonds is 9. The maximum Gasteiger partial charge on any atom is 0.234 e. The zero-order valence-electron chi connectivity index (χ0n) is 19.7. The summed E-state index contributed by atoms with van der Waals surface area (Å²) in [6.45, 7) is 13.1. The first kappa shape index (κ1) is 23.9. The fourth-order valence-electron chi connectivity index (χ4n) is 3.40. The van der Waals surface area contributed by atoms with Crippen LogP contribution in [-0.4, -0.2) is 26.4 Å². The second-order valence-corrected chi connectivity index (χ2v) is 9.10. The summed E-state index contributed by atoms with van der Waals surface area (Å²) in [5.41, 5.74) is 4.36. The van der Waals surface area contributed by atoms with E-state index in [-0.39, 0.29) is 17.8 Å². The predicted molar refractivity (Wildman–Crippen MR) is 131 cm³/mol. The number of nitrogens with zero attached hydrogens (tertiary/aromatic N) is 3. The fourth-order valence-corrected chi connectivity index (χ4v) is 4.21. The van der Waals surface area contributed by atoms with Crippen LogP contribution in [0.4, 0.5) is 5.69 Å². The van der Waals surface area contributed by atoms with E-state index in [0.29, 0.717) is 17.6 Å². The summed E-state index contributed by atoms with van der Waals surface area (Å²) in [5.74, 6) is 2.23. The third-order valence-corrected chi connectivity index (χ3v) is 6.46. The molecule has 1 atom stereocenters. The van der Waals surface area contributed by atoms with Gasteiger partial charge in [-0.3, -0.25) is 4.79 Å². The number of aromatic nitrogens is 3. The van der Waals surface area contributed by atoms with Crippen molar-refractivity contribution in [3.63, 3.8) is 0 Å². The van der Waals surface area contributed by atoms with E-state index in [2.05, 4.69) is 41.5 Å². The molecule has 0 fully saturated rings. The molecule has 0 saturated heterocycles. The Hall–Kier alpha value is -2.80. The number of aryl methyl sites for hydroxylation is 1. The number of carbonyl (C=O) groups excluding carboxylic acids is 1. The number of anilines is 1. The minimum Gasteiger partial charge on any atom is -0.483 e. The summed E-state index contributed by atoms with van der Waals surface area (Å²) in [7, 11) is 0. The lowest BCUT2D eigenvalue weighted by Gasteiger charge is -2.16. The van der Waals surface area contributed by atoms with Crippen molar-refractivity contribution < 1.29 is 9.53 Å². The highest BCUT2D eigenvalue weighted by Crippen LogP contribution is 2.26. The largest absolute Gasteiger partial charge is 0.483 e. The van der Waals surface area contributed by atoms with Crippen molar-refractivity contribution >= 4 is 23.4 Å². The molecule has 1 unspecified atom stereocenters. The normalized spacial score (nSPS) is 12.1. The molecule has 1 amide bonds. The Kier molecular flexibility index (Phi) is 7.96. The molecule has 6 nitrogen and oxygen atoms in total. The van der Waals surface area contributed by atoms with Gasteiger partial charge in [0.1, 0.15) is 5.75 Å². The zero-order chi connectivity index (χ0) is 23.3. The summed E-state index contributed by atoms with van der Waals surface area (Å²) < 4.78 is 8.11. The number of hydrogen-bond acceptors (Lipinski definition) is 5. The van der Waals surface area contributed by atoms with Gasteiger partial charge in [-0.1, -0.05) is 49.9 Å². The average Bonchev–Trinajstić information content (AvgIpc) is 3.19. The van der Waals surface area contributed by atoms with Crippen molar-refractivity contribution in [3.05, 3.63) is 65.0 Å². The van der Waals surface area contributed by atoms with E-state index in [1.54, 1.807) is 0 Å². The third-order valence-electron chi connectivity index (χ3n) is 5.50. The molecular formula is C25H32N4O2S. The highest BCUT2D eigenvalue weighted by atomic mass is 32.2. The first-order valence-electron chi connectivity index (χ1n) is 11.0. The molecule has 0 aliphatic heterocycles. The van der Waals surface area contributed by atoms with Gasteiger partial charge in [0, 0.05) is 12.2 Å². The highest BCUT2D eigenvalue weighted by Gasteiger charge is 2.19. The number of hydrogen-bond donors (Lipinski definition) is 1. The monoisotopic (exact) mass is 452 g/mol. The zero-order valence-corrected chi connectivity index (χ0v) is 20.5. The van der Waals surface area contributed by atoms with E-state index in [4.69, 9.17) is 4.74 Å². The first-order valence-corrected chi connectivity index (χ1v) is 12.0. The van der Waals surface area contributed by atoms with Crippen molar-refractivity contribution in [1.29, 1.82) is 0 Å². The van der Waals surface area contributed by atoms with Crippen LogP contribution in [0.5, 0.6) is 5.75 Å². The SMILES string of the molecule is CCn1c(SCC(=O)Nc2cccc(C)c2C)nnc1C(C)Oc1ccc(C(C)C)cc1. The summed E-state index contributed by atoms with van der Waals surface area (Å²) in [6.07, 6.45) is -0.259. The Morgan fingerprint density at radius 1 is 1.09 bits per heavy atom. The summed E-state index contributed by atoms with van der Waals surface area (Å²) >= 11 is 1.38. The molecule has 0 radical (unpaired) electrons. The van der Waals surface area contributed by atoms with Crippen molar-refractivity contribution in [3.8, 4) is 5.75 Å². The number of benzene rings is 2. The third kappa shape index (κ3) is 5.71. The Balaban J connectivity index is 1.63. The van der Waals surface area contributed by atoms with Crippen molar-refractivity contribution in [2.75, 3.05) is 11.1 Å². The topological polar surface area (TPSA) is 69.0 Å². The summed E-state index contributed by atoms with van der Waals surface area (Å²) in [6, 6.07) is 14.1. The molecule has 1 heterocycles. The van der Waals surface area contributed by atoms with Gasteiger partial charge in [0.2, 0.25) is 5.91 Å². The minimum atomic E-state index is -0.259. The fraction of sp³-hybridized carbons (Fsp3) is 0.400. The molecule has 0 aliphatic rings. The van der Waals surface area contributed by atoms with Gasteiger partial charge in [-0.15, -0.1) is 10.2 Å². The van der Waals surface area contributed by atoms with Crippen LogP contribution in [0.15, 0.2) is 47.6 Å². The van der Waals surface area contributed by atoms with Gasteiger partial charge >= 0.3 is 0 Å². The Morgan fingerprint density at radius 2 is 1.81 bits per heavy atom. The molecule has 3 rings (SSSR count). The van der Waals surface area contributed by atoms with Crippen molar-refractivity contribution in [2.24, 2.45) is 0 Å². The first-order chi connectivity index (χ1) is 15.3. The quantitative estimate of drug-likeness (QED) is 0.409. The van der Waals surface area contributed by atoms with Crippen LogP contribution >= 0.6 is 11.8 Å². The second kappa shape index (κ2) is 10.7. The molecule has 1 aromatic heterocycles. The van der Waals surface area contributed by atoms with Gasteiger partial charge in [-0.2, -0.15) is 0 Å². The number of amides is 1. The molecule has 2 aromatic carbocycles. The molecule has 0 bridgehead atoms. The van der Waals surface area contributed by atoms with E-state index in [1.165, 1.54) is 17.3 Å². The van der Waals surface area contributed by atoms with Crippen LogP contribution in [0.3, 0.4) is 0 Å². The van der Waals surface area contributed by atoms with Gasteiger partial charge < -0.3 is 14.6 Å². The Bertz CT molecular complexity index is 1060. The van der Waals surface area contributed by atoms with E-state index in [9.17, 15) is 4.79 Å². The van der Waals surface area contributed by atoms with E-state index in [0.717, 1.165) is 28.4 Å². The molecule has 32 heavy (non-hydrogen) atoms. The van der Waals surface area contributed by atoms with Gasteiger partial charge in [0.15, 0.2) is 17.1 Å². The standard InChI is InChI=1S/C25H32N4O2S/c1-7-29-24(19(6)31-21-13-11-20(12-14-21)16(2)3)27-28-25(29)32-15-23(30)26-22-10-8-9-17(4)18(22)5/h8-14,16,19H,7,15H2,1-6H3,(H,26,30). The molecule has 170 valence electrons. The summed E-state index contributed by atoms with van der Waals surface area (Å²) in [5, 5.41) is 12.4. The molecule has 0 aliphatic carbocycles. The predicted octanol–water partition coefficient (Wildman–Crippen LogP) is 5.91. The van der Waals surface area contributed by atoms with Crippen LogP contribution in [0.1, 0.15) is 62.2 Å². The van der Waals surface area contributed by atoms with E-state index in [1.807, 2.05) is 62.6 Å². The molecule has 0 saturated carbocycles. The van der Waals surface area contributed by atoms with E-state index >= 15 is 0 Å². The van der Waals surface area contributed by atoms with Gasteiger partial charge in [0.05, 0.1) is 5.75 Å². The van der Waals surface area contributed by atoms with Crippen molar-refractivity contribution in [1.82, 2.24) is 14.8 Å². The van der Waals surface area contributed by atoms with Gasteiger partial charge in [-0.25, -0.2) is 0 Å². The Morgan fingerprint density at radius 3 is 2.47 bits per heavy atom. The second-order valence-electron chi connectivity index (χ2n) is 8.15. The molecule has 0 spiro atoms. The van der Waals surface area contributed by atoms with Crippen LogP contribution in [0, 0.1) is 13.8 Å². The van der Waals surface area contributed by atoms with Crippen LogP contribution in [0.2, 0.25) is 0 Å². The Labute approximate surface area is 194 Å². The van der Waals surface area contributed by atoms with Crippen molar-refractivity contribution in [2.45, 2.75) is 65.3 Å². The highest BCUT2D eigenvalue weighted by molar-refractivity contribution is 7.99. The average molecular weight is 453 g/mol. The molecule has 1 N–H and O–H groups in total. The van der Waals surface area contributed by atoms with Crippen LogP contribution in [0.25, 0.3) is 0 Å².